The van der Waals surface area contributed by atoms with Gasteiger partial charge in [-0.1, -0.05) is 12.1 Å². The molecule has 0 radical (unpaired) electrons. The number of nitrogens with zero attached hydrogens (tertiary/aromatic N) is 1. The first-order chi connectivity index (χ1) is 9.99. The molecule has 118 valence electrons. The van der Waals surface area contributed by atoms with E-state index in [4.69, 9.17) is 0 Å². The molecule has 1 aliphatic heterocycles. The van der Waals surface area contributed by atoms with Crippen LogP contribution in [0.2, 0.25) is 0 Å². The minimum atomic E-state index is -2.79. The van der Waals surface area contributed by atoms with Gasteiger partial charge >= 0.3 is 6.61 Å². The van der Waals surface area contributed by atoms with E-state index in [0.717, 1.165) is 49.2 Å². The maximum Gasteiger partial charge on any atom is 0.387 e. The number of alkyl halides is 2. The minimum absolute atomic E-state index is 0.232. The van der Waals surface area contributed by atoms with Gasteiger partial charge in [0.1, 0.15) is 5.75 Å². The highest BCUT2D eigenvalue weighted by Crippen LogP contribution is 2.27. The first kappa shape index (κ1) is 16.2. The van der Waals surface area contributed by atoms with Gasteiger partial charge in [-0.15, -0.1) is 0 Å². The van der Waals surface area contributed by atoms with Crippen molar-refractivity contribution in [1.29, 1.82) is 0 Å². The van der Waals surface area contributed by atoms with Crippen LogP contribution in [0.25, 0.3) is 0 Å². The number of rotatable bonds is 5. The Bertz CT molecular complexity index is 456. The highest BCUT2D eigenvalue weighted by atomic mass is 19.3. The van der Waals surface area contributed by atoms with E-state index in [0.29, 0.717) is 5.92 Å². The van der Waals surface area contributed by atoms with Gasteiger partial charge < -0.3 is 9.84 Å². The summed E-state index contributed by atoms with van der Waals surface area (Å²) in [6.45, 7) is 3.72. The molecule has 0 spiro atoms. The summed E-state index contributed by atoms with van der Waals surface area (Å²) >= 11 is 0. The Kier molecular flexibility index (Phi) is 5.53. The van der Waals surface area contributed by atoms with Crippen LogP contribution in [0.15, 0.2) is 12.1 Å². The summed E-state index contributed by atoms with van der Waals surface area (Å²) in [5, 5.41) is 9.27. The van der Waals surface area contributed by atoms with E-state index < -0.39 is 6.61 Å². The van der Waals surface area contributed by atoms with E-state index >= 15 is 0 Å². The zero-order chi connectivity index (χ0) is 15.4. The predicted molar refractivity (Wildman–Crippen MR) is 77.6 cm³/mol. The molecule has 1 heterocycles. The van der Waals surface area contributed by atoms with E-state index in [1.165, 1.54) is 0 Å². The number of aryl methyl sites for hydroxylation is 2. The molecule has 0 aromatic heterocycles. The molecule has 1 atom stereocenters. The molecule has 21 heavy (non-hydrogen) atoms. The van der Waals surface area contributed by atoms with Gasteiger partial charge in [0, 0.05) is 19.7 Å². The van der Waals surface area contributed by atoms with Crippen molar-refractivity contribution in [1.82, 2.24) is 4.90 Å². The summed E-state index contributed by atoms with van der Waals surface area (Å²) < 4.78 is 29.3. The highest BCUT2D eigenvalue weighted by molar-refractivity contribution is 5.43. The Balaban J connectivity index is 2.07. The molecule has 1 aliphatic rings. The molecule has 1 unspecified atom stereocenters. The van der Waals surface area contributed by atoms with Gasteiger partial charge in [-0.2, -0.15) is 8.78 Å². The normalized spacial score (nSPS) is 20.0. The maximum atomic E-state index is 12.4. The van der Waals surface area contributed by atoms with Crippen LogP contribution in [0.3, 0.4) is 0 Å². The van der Waals surface area contributed by atoms with Gasteiger partial charge in [-0.3, -0.25) is 4.90 Å². The standard InChI is InChI=1S/C16H23F2NO2/c1-11-6-14(7-12(2)15(11)21-16(17)18)9-19-5-3-4-13(8-19)10-20/h6-7,13,16,20H,3-5,8-10H2,1-2H3. The number of aliphatic hydroxyl groups excluding tert-OH is 1. The first-order valence-electron chi connectivity index (χ1n) is 7.37. The van der Waals surface area contributed by atoms with Crippen molar-refractivity contribution in [2.24, 2.45) is 5.92 Å². The van der Waals surface area contributed by atoms with E-state index in [9.17, 15) is 13.9 Å². The molecule has 1 fully saturated rings. The van der Waals surface area contributed by atoms with Crippen molar-refractivity contribution in [3.63, 3.8) is 0 Å². The Morgan fingerprint density at radius 1 is 1.33 bits per heavy atom. The van der Waals surface area contributed by atoms with Crippen molar-refractivity contribution in [2.75, 3.05) is 19.7 Å². The molecule has 0 amide bonds. The van der Waals surface area contributed by atoms with Crippen LogP contribution in [-0.4, -0.2) is 36.3 Å². The van der Waals surface area contributed by atoms with Crippen molar-refractivity contribution >= 4 is 0 Å². The average molecular weight is 299 g/mol. The lowest BCUT2D eigenvalue weighted by Gasteiger charge is -2.32. The van der Waals surface area contributed by atoms with Gasteiger partial charge in [-0.25, -0.2) is 0 Å². The van der Waals surface area contributed by atoms with Crippen molar-refractivity contribution in [3.8, 4) is 5.75 Å². The van der Waals surface area contributed by atoms with Crippen LogP contribution in [0.1, 0.15) is 29.5 Å². The topological polar surface area (TPSA) is 32.7 Å². The number of hydrogen-bond acceptors (Lipinski definition) is 3. The van der Waals surface area contributed by atoms with Gasteiger partial charge in [0.2, 0.25) is 0 Å². The number of piperidine rings is 1. The number of likely N-dealkylation sites (tertiary alicyclic amines) is 1. The Hall–Kier alpha value is -1.20. The second-order valence-electron chi connectivity index (χ2n) is 5.86. The van der Waals surface area contributed by atoms with Crippen LogP contribution in [-0.2, 0) is 6.54 Å². The highest BCUT2D eigenvalue weighted by Gasteiger charge is 2.20. The Labute approximate surface area is 124 Å². The summed E-state index contributed by atoms with van der Waals surface area (Å²) in [4.78, 5) is 2.31. The molecule has 1 aromatic carbocycles. The third-order valence-electron chi connectivity index (χ3n) is 3.99. The molecule has 0 bridgehead atoms. The van der Waals surface area contributed by atoms with Crippen molar-refractivity contribution in [3.05, 3.63) is 28.8 Å². The number of ether oxygens (including phenoxy) is 1. The third-order valence-corrected chi connectivity index (χ3v) is 3.99. The second-order valence-corrected chi connectivity index (χ2v) is 5.86. The number of benzene rings is 1. The molecular formula is C16H23F2NO2. The number of hydrogen-bond donors (Lipinski definition) is 1. The molecule has 3 nitrogen and oxygen atoms in total. The van der Waals surface area contributed by atoms with Gasteiger partial charge in [0.15, 0.2) is 0 Å². The van der Waals surface area contributed by atoms with Crippen LogP contribution in [0.5, 0.6) is 5.75 Å². The lowest BCUT2D eigenvalue weighted by atomic mass is 9.98. The maximum absolute atomic E-state index is 12.4. The fourth-order valence-corrected chi connectivity index (χ4v) is 3.11. The van der Waals surface area contributed by atoms with Crippen molar-refractivity contribution < 1.29 is 18.6 Å². The minimum Gasteiger partial charge on any atom is -0.434 e. The lowest BCUT2D eigenvalue weighted by Crippen LogP contribution is -2.36. The summed E-state index contributed by atoms with van der Waals surface area (Å²) in [6.07, 6.45) is 2.17. The molecule has 5 heteroatoms. The van der Waals surface area contributed by atoms with E-state index in [-0.39, 0.29) is 12.4 Å². The second kappa shape index (κ2) is 7.18. The quantitative estimate of drug-likeness (QED) is 0.907. The molecular weight excluding hydrogens is 276 g/mol. The van der Waals surface area contributed by atoms with Crippen LogP contribution < -0.4 is 4.74 Å². The SMILES string of the molecule is Cc1cc(CN2CCCC(CO)C2)cc(C)c1OC(F)F. The molecule has 1 N–H and O–H groups in total. The fraction of sp³-hybridized carbons (Fsp3) is 0.625. The Morgan fingerprint density at radius 2 is 2.00 bits per heavy atom. The van der Waals surface area contributed by atoms with Gasteiger partial charge in [0.05, 0.1) is 0 Å². The number of halogens is 2. The summed E-state index contributed by atoms with van der Waals surface area (Å²) in [5.41, 5.74) is 2.58. The first-order valence-corrected chi connectivity index (χ1v) is 7.37. The molecule has 1 saturated heterocycles. The molecule has 0 saturated carbocycles. The lowest BCUT2D eigenvalue weighted by molar-refractivity contribution is -0.0507. The molecule has 2 rings (SSSR count). The Morgan fingerprint density at radius 3 is 2.57 bits per heavy atom. The van der Waals surface area contributed by atoms with Gasteiger partial charge in [0.25, 0.3) is 0 Å². The fourth-order valence-electron chi connectivity index (χ4n) is 3.11. The van der Waals surface area contributed by atoms with E-state index in [1.807, 2.05) is 12.1 Å². The van der Waals surface area contributed by atoms with Crippen LogP contribution in [0, 0.1) is 19.8 Å². The smallest absolute Gasteiger partial charge is 0.387 e. The zero-order valence-electron chi connectivity index (χ0n) is 12.6. The summed E-state index contributed by atoms with van der Waals surface area (Å²) in [5.74, 6) is 0.628. The monoisotopic (exact) mass is 299 g/mol. The van der Waals surface area contributed by atoms with E-state index in [2.05, 4.69) is 9.64 Å². The van der Waals surface area contributed by atoms with Crippen LogP contribution in [0.4, 0.5) is 8.78 Å². The largest absolute Gasteiger partial charge is 0.434 e. The molecule has 1 aromatic rings. The third kappa shape index (κ3) is 4.38. The van der Waals surface area contributed by atoms with Crippen molar-refractivity contribution in [2.45, 2.75) is 39.8 Å². The van der Waals surface area contributed by atoms with Gasteiger partial charge in [-0.05, 0) is 55.8 Å². The predicted octanol–water partition coefficient (Wildman–Crippen LogP) is 3.11. The number of aliphatic hydroxyl groups is 1. The van der Waals surface area contributed by atoms with E-state index in [1.54, 1.807) is 13.8 Å². The average Bonchev–Trinajstić information content (AvgIpc) is 2.43. The summed E-state index contributed by atoms with van der Waals surface area (Å²) in [6, 6.07) is 3.82. The summed E-state index contributed by atoms with van der Waals surface area (Å²) in [7, 11) is 0. The van der Waals surface area contributed by atoms with Crippen LogP contribution >= 0.6 is 0 Å². The zero-order valence-corrected chi connectivity index (χ0v) is 12.6. The molecule has 0 aliphatic carbocycles.